The lowest BCUT2D eigenvalue weighted by atomic mass is 10.0. The van der Waals surface area contributed by atoms with Gasteiger partial charge in [0.1, 0.15) is 5.69 Å². The lowest BCUT2D eigenvalue weighted by molar-refractivity contribution is 0.0939. The molecule has 1 saturated heterocycles. The van der Waals surface area contributed by atoms with Gasteiger partial charge in [0.25, 0.3) is 5.91 Å². The smallest absolute Gasteiger partial charge is 0.271 e. The van der Waals surface area contributed by atoms with Crippen LogP contribution in [0.15, 0.2) is 6.07 Å². The van der Waals surface area contributed by atoms with Crippen molar-refractivity contribution >= 4 is 5.91 Å². The Morgan fingerprint density at radius 2 is 2.35 bits per heavy atom. The van der Waals surface area contributed by atoms with Crippen molar-refractivity contribution in [3.63, 3.8) is 0 Å². The van der Waals surface area contributed by atoms with Crippen molar-refractivity contribution in [1.82, 2.24) is 20.4 Å². The lowest BCUT2D eigenvalue weighted by Crippen LogP contribution is -2.40. The second-order valence-corrected chi connectivity index (χ2v) is 6.29. The third kappa shape index (κ3) is 3.39. The molecule has 5 nitrogen and oxygen atoms in total. The largest absolute Gasteiger partial charge is 0.349 e. The number of carbonyl (C=O) groups is 1. The van der Waals surface area contributed by atoms with Crippen LogP contribution in [-0.4, -0.2) is 47.2 Å². The number of aromatic amines is 1. The van der Waals surface area contributed by atoms with E-state index in [1.54, 1.807) is 0 Å². The minimum absolute atomic E-state index is 0.0572. The van der Waals surface area contributed by atoms with Gasteiger partial charge < -0.3 is 10.2 Å². The fourth-order valence-electron chi connectivity index (χ4n) is 2.96. The van der Waals surface area contributed by atoms with E-state index in [4.69, 9.17) is 0 Å². The average Bonchev–Trinajstić information content (AvgIpc) is 3.16. The molecule has 0 bridgehead atoms. The Balaban J connectivity index is 1.41. The molecule has 1 saturated carbocycles. The minimum atomic E-state index is -0.0572. The number of likely N-dealkylation sites (tertiary alicyclic amines) is 1. The van der Waals surface area contributed by atoms with Crippen LogP contribution >= 0.6 is 0 Å². The molecular formula is C15H24N4O. The van der Waals surface area contributed by atoms with Gasteiger partial charge in [-0.2, -0.15) is 5.10 Å². The van der Waals surface area contributed by atoms with E-state index in [0.29, 0.717) is 18.2 Å². The van der Waals surface area contributed by atoms with Crippen molar-refractivity contribution in [2.45, 2.75) is 38.5 Å². The van der Waals surface area contributed by atoms with Crippen LogP contribution in [0.25, 0.3) is 0 Å². The molecule has 1 aromatic rings. The van der Waals surface area contributed by atoms with Crippen molar-refractivity contribution < 1.29 is 4.79 Å². The highest BCUT2D eigenvalue weighted by Crippen LogP contribution is 2.38. The standard InChI is InChI=1S/C15H24N4O/c1-11-3-2-7-19(10-11)8-6-16-15(20)14-9-13(17-18-14)12-4-5-12/h9,11-12H,2-8,10H2,1H3,(H,16,20)(H,17,18). The zero-order chi connectivity index (χ0) is 13.9. The summed E-state index contributed by atoms with van der Waals surface area (Å²) >= 11 is 0. The second-order valence-electron chi connectivity index (χ2n) is 6.29. The highest BCUT2D eigenvalue weighted by atomic mass is 16.1. The van der Waals surface area contributed by atoms with E-state index in [-0.39, 0.29) is 5.91 Å². The predicted molar refractivity (Wildman–Crippen MR) is 77.7 cm³/mol. The Bertz CT molecular complexity index is 466. The molecule has 2 N–H and O–H groups in total. The molecule has 1 unspecified atom stereocenters. The molecule has 110 valence electrons. The zero-order valence-corrected chi connectivity index (χ0v) is 12.2. The molecule has 0 radical (unpaired) electrons. The normalized spacial score (nSPS) is 23.8. The van der Waals surface area contributed by atoms with Gasteiger partial charge >= 0.3 is 0 Å². The third-order valence-corrected chi connectivity index (χ3v) is 4.30. The summed E-state index contributed by atoms with van der Waals surface area (Å²) in [5, 5.41) is 10.0. The van der Waals surface area contributed by atoms with Gasteiger partial charge in [-0.15, -0.1) is 0 Å². The van der Waals surface area contributed by atoms with Gasteiger partial charge in [-0.1, -0.05) is 6.92 Å². The molecule has 1 aliphatic heterocycles. The SMILES string of the molecule is CC1CCCN(CCNC(=O)c2cc(C3CC3)[nH]n2)C1. The first-order chi connectivity index (χ1) is 9.72. The van der Waals surface area contributed by atoms with E-state index >= 15 is 0 Å². The Morgan fingerprint density at radius 1 is 1.50 bits per heavy atom. The van der Waals surface area contributed by atoms with E-state index in [1.807, 2.05) is 6.07 Å². The monoisotopic (exact) mass is 276 g/mol. The molecular weight excluding hydrogens is 252 g/mol. The van der Waals surface area contributed by atoms with Gasteiger partial charge in [0.05, 0.1) is 0 Å². The van der Waals surface area contributed by atoms with Crippen molar-refractivity contribution in [3.05, 3.63) is 17.5 Å². The summed E-state index contributed by atoms with van der Waals surface area (Å²) in [5.41, 5.74) is 1.64. The van der Waals surface area contributed by atoms with E-state index in [0.717, 1.165) is 31.2 Å². The number of nitrogens with zero attached hydrogens (tertiary/aromatic N) is 2. The molecule has 1 amide bonds. The topological polar surface area (TPSA) is 61.0 Å². The molecule has 0 aromatic carbocycles. The van der Waals surface area contributed by atoms with Gasteiger partial charge in [0.2, 0.25) is 0 Å². The molecule has 5 heteroatoms. The Hall–Kier alpha value is -1.36. The Kier molecular flexibility index (Phi) is 4.05. The van der Waals surface area contributed by atoms with Crippen LogP contribution in [0, 0.1) is 5.92 Å². The maximum atomic E-state index is 12.0. The maximum absolute atomic E-state index is 12.0. The number of hydrogen-bond donors (Lipinski definition) is 2. The van der Waals surface area contributed by atoms with Gasteiger partial charge in [-0.25, -0.2) is 0 Å². The van der Waals surface area contributed by atoms with Crippen LogP contribution in [-0.2, 0) is 0 Å². The van der Waals surface area contributed by atoms with Crippen molar-refractivity contribution in [3.8, 4) is 0 Å². The highest BCUT2D eigenvalue weighted by Gasteiger charge is 2.26. The lowest BCUT2D eigenvalue weighted by Gasteiger charge is -2.30. The summed E-state index contributed by atoms with van der Waals surface area (Å²) in [6.45, 7) is 6.26. The highest BCUT2D eigenvalue weighted by molar-refractivity contribution is 5.92. The molecule has 20 heavy (non-hydrogen) atoms. The zero-order valence-electron chi connectivity index (χ0n) is 12.2. The van der Waals surface area contributed by atoms with Gasteiger partial charge in [0.15, 0.2) is 0 Å². The molecule has 3 rings (SSSR count). The summed E-state index contributed by atoms with van der Waals surface area (Å²) in [5.74, 6) is 1.34. The van der Waals surface area contributed by atoms with E-state index in [9.17, 15) is 4.79 Å². The van der Waals surface area contributed by atoms with Crippen LogP contribution in [0.4, 0.5) is 0 Å². The van der Waals surface area contributed by atoms with Gasteiger partial charge in [-0.3, -0.25) is 9.89 Å². The van der Waals surface area contributed by atoms with Crippen LogP contribution in [0.2, 0.25) is 0 Å². The number of hydrogen-bond acceptors (Lipinski definition) is 3. The van der Waals surface area contributed by atoms with Gasteiger partial charge in [-0.05, 0) is 44.2 Å². The summed E-state index contributed by atoms with van der Waals surface area (Å²) in [4.78, 5) is 14.4. The molecule has 2 heterocycles. The summed E-state index contributed by atoms with van der Waals surface area (Å²) in [6.07, 6.45) is 5.05. The van der Waals surface area contributed by atoms with Crippen LogP contribution in [0.5, 0.6) is 0 Å². The number of piperidine rings is 1. The van der Waals surface area contributed by atoms with Crippen molar-refractivity contribution in [2.75, 3.05) is 26.2 Å². The van der Waals surface area contributed by atoms with E-state index < -0.39 is 0 Å². The second kappa shape index (κ2) is 5.95. The molecule has 0 spiro atoms. The van der Waals surface area contributed by atoms with Crippen molar-refractivity contribution in [1.29, 1.82) is 0 Å². The van der Waals surface area contributed by atoms with Crippen LogP contribution in [0.3, 0.4) is 0 Å². The molecule has 2 aliphatic rings. The maximum Gasteiger partial charge on any atom is 0.271 e. The number of rotatable bonds is 5. The van der Waals surface area contributed by atoms with Crippen LogP contribution in [0.1, 0.15) is 54.7 Å². The minimum Gasteiger partial charge on any atom is -0.349 e. The predicted octanol–water partition coefficient (Wildman–Crippen LogP) is 1.75. The number of carbonyl (C=O) groups excluding carboxylic acids is 1. The molecule has 1 atom stereocenters. The summed E-state index contributed by atoms with van der Waals surface area (Å²) in [6, 6.07) is 1.90. The average molecular weight is 276 g/mol. The third-order valence-electron chi connectivity index (χ3n) is 4.30. The van der Waals surface area contributed by atoms with E-state index in [2.05, 4.69) is 27.3 Å². The molecule has 2 fully saturated rings. The number of aromatic nitrogens is 2. The Morgan fingerprint density at radius 3 is 3.10 bits per heavy atom. The van der Waals surface area contributed by atoms with E-state index in [1.165, 1.54) is 25.7 Å². The number of nitrogens with one attached hydrogen (secondary N) is 2. The number of H-pyrrole nitrogens is 1. The van der Waals surface area contributed by atoms with Crippen molar-refractivity contribution in [2.24, 2.45) is 5.92 Å². The molecule has 1 aromatic heterocycles. The molecule has 1 aliphatic carbocycles. The number of amides is 1. The quantitative estimate of drug-likeness (QED) is 0.861. The summed E-state index contributed by atoms with van der Waals surface area (Å²) in [7, 11) is 0. The Labute approximate surface area is 120 Å². The van der Waals surface area contributed by atoms with Crippen LogP contribution < -0.4 is 5.32 Å². The first-order valence-electron chi connectivity index (χ1n) is 7.78. The van der Waals surface area contributed by atoms with Gasteiger partial charge in [0, 0.05) is 31.2 Å². The fraction of sp³-hybridized carbons (Fsp3) is 0.733. The first-order valence-corrected chi connectivity index (χ1v) is 7.78. The summed E-state index contributed by atoms with van der Waals surface area (Å²) < 4.78 is 0. The first kappa shape index (κ1) is 13.6. The fourth-order valence-corrected chi connectivity index (χ4v) is 2.96.